The van der Waals surface area contributed by atoms with Crippen LogP contribution in [0, 0.1) is 0 Å². The fourth-order valence-electron chi connectivity index (χ4n) is 1.14. The first kappa shape index (κ1) is 14.4. The van der Waals surface area contributed by atoms with Crippen LogP contribution >= 0.6 is 0 Å². The van der Waals surface area contributed by atoms with Crippen LogP contribution < -0.4 is 10.6 Å². The number of hydrogen-bond acceptors (Lipinski definition) is 3. The van der Waals surface area contributed by atoms with Gasteiger partial charge in [-0.05, 0) is 40.2 Å². The van der Waals surface area contributed by atoms with Crippen LogP contribution in [0.5, 0.6) is 0 Å². The minimum atomic E-state index is -0.261. The molecular weight excluding hydrogens is 192 g/mol. The number of hydrogen-bond donors (Lipinski definition) is 3. The highest BCUT2D eigenvalue weighted by atomic mass is 16.3. The van der Waals surface area contributed by atoms with Gasteiger partial charge in [0.05, 0.1) is 12.6 Å². The maximum absolute atomic E-state index is 11.3. The Kier molecular flexibility index (Phi) is 6.52. The molecule has 4 heteroatoms. The van der Waals surface area contributed by atoms with Crippen molar-refractivity contribution in [1.29, 1.82) is 0 Å². The first-order valence-electron chi connectivity index (χ1n) is 5.55. The Balaban J connectivity index is 3.48. The van der Waals surface area contributed by atoms with Crippen LogP contribution in [0.2, 0.25) is 0 Å². The molecule has 0 aliphatic heterocycles. The SMILES string of the molecule is CCC(O)CCNCC(=O)NC(C)(C)C. The van der Waals surface area contributed by atoms with E-state index < -0.39 is 0 Å². The number of amides is 1. The summed E-state index contributed by atoms with van der Waals surface area (Å²) < 4.78 is 0. The number of aliphatic hydroxyl groups is 1. The lowest BCUT2D eigenvalue weighted by Gasteiger charge is -2.20. The Bertz CT molecular complexity index is 188. The molecule has 0 aromatic carbocycles. The number of carbonyl (C=O) groups is 1. The van der Waals surface area contributed by atoms with Crippen LogP contribution in [-0.4, -0.2) is 35.7 Å². The summed E-state index contributed by atoms with van der Waals surface area (Å²) in [5, 5.41) is 15.1. The fourth-order valence-corrected chi connectivity index (χ4v) is 1.14. The molecule has 0 rings (SSSR count). The van der Waals surface area contributed by atoms with Crippen molar-refractivity contribution in [3.05, 3.63) is 0 Å². The minimum Gasteiger partial charge on any atom is -0.393 e. The molecule has 0 bridgehead atoms. The second kappa shape index (κ2) is 6.80. The Hall–Kier alpha value is -0.610. The zero-order valence-electron chi connectivity index (χ0n) is 10.3. The molecule has 0 aliphatic rings. The molecule has 1 atom stereocenters. The van der Waals surface area contributed by atoms with E-state index >= 15 is 0 Å². The van der Waals surface area contributed by atoms with Gasteiger partial charge in [-0.3, -0.25) is 4.79 Å². The zero-order valence-corrected chi connectivity index (χ0v) is 10.3. The summed E-state index contributed by atoms with van der Waals surface area (Å²) in [6, 6.07) is 0. The lowest BCUT2D eigenvalue weighted by Crippen LogP contribution is -2.45. The molecule has 0 aliphatic carbocycles. The summed E-state index contributed by atoms with van der Waals surface area (Å²) >= 11 is 0. The largest absolute Gasteiger partial charge is 0.393 e. The van der Waals surface area contributed by atoms with E-state index in [4.69, 9.17) is 0 Å². The summed E-state index contributed by atoms with van der Waals surface area (Å²) in [5.41, 5.74) is -0.179. The molecule has 0 aromatic heterocycles. The van der Waals surface area contributed by atoms with Gasteiger partial charge in [-0.25, -0.2) is 0 Å². The average Bonchev–Trinajstić information content (AvgIpc) is 2.09. The zero-order chi connectivity index (χ0) is 11.9. The summed E-state index contributed by atoms with van der Waals surface area (Å²) in [6.45, 7) is 8.78. The van der Waals surface area contributed by atoms with Crippen LogP contribution in [0.4, 0.5) is 0 Å². The van der Waals surface area contributed by atoms with E-state index in [0.717, 1.165) is 6.42 Å². The van der Waals surface area contributed by atoms with Gasteiger partial charge in [-0.1, -0.05) is 6.92 Å². The molecule has 15 heavy (non-hydrogen) atoms. The predicted molar refractivity (Wildman–Crippen MR) is 61.7 cm³/mol. The molecule has 4 nitrogen and oxygen atoms in total. The number of carbonyl (C=O) groups excluding carboxylic acids is 1. The maximum atomic E-state index is 11.3. The highest BCUT2D eigenvalue weighted by Crippen LogP contribution is 1.97. The van der Waals surface area contributed by atoms with Crippen molar-refractivity contribution >= 4 is 5.91 Å². The molecule has 0 radical (unpaired) electrons. The van der Waals surface area contributed by atoms with Crippen molar-refractivity contribution in [2.45, 2.75) is 52.2 Å². The van der Waals surface area contributed by atoms with Gasteiger partial charge in [-0.15, -0.1) is 0 Å². The van der Waals surface area contributed by atoms with Crippen molar-refractivity contribution in [3.63, 3.8) is 0 Å². The lowest BCUT2D eigenvalue weighted by molar-refractivity contribution is -0.121. The summed E-state index contributed by atoms with van der Waals surface area (Å²) in [6.07, 6.45) is 1.19. The normalized spacial score (nSPS) is 13.7. The van der Waals surface area contributed by atoms with Gasteiger partial charge < -0.3 is 15.7 Å². The van der Waals surface area contributed by atoms with Crippen LogP contribution in [0.1, 0.15) is 40.5 Å². The molecule has 1 unspecified atom stereocenters. The molecule has 0 saturated heterocycles. The van der Waals surface area contributed by atoms with E-state index in [1.807, 2.05) is 27.7 Å². The van der Waals surface area contributed by atoms with Crippen LogP contribution in [0.3, 0.4) is 0 Å². The van der Waals surface area contributed by atoms with E-state index in [-0.39, 0.29) is 17.6 Å². The second-order valence-electron chi connectivity index (χ2n) is 4.83. The summed E-state index contributed by atoms with van der Waals surface area (Å²) in [5.74, 6) is -0.00603. The molecule has 0 heterocycles. The van der Waals surface area contributed by atoms with Gasteiger partial charge in [0.15, 0.2) is 0 Å². The van der Waals surface area contributed by atoms with Crippen molar-refractivity contribution in [2.75, 3.05) is 13.1 Å². The number of aliphatic hydroxyl groups excluding tert-OH is 1. The van der Waals surface area contributed by atoms with E-state index in [9.17, 15) is 9.90 Å². The Morgan fingerprint density at radius 1 is 1.40 bits per heavy atom. The fraction of sp³-hybridized carbons (Fsp3) is 0.909. The molecule has 0 aromatic rings. The standard InChI is InChI=1S/C11H24N2O2/c1-5-9(14)6-7-12-8-10(15)13-11(2,3)4/h9,12,14H,5-8H2,1-4H3,(H,13,15). The molecular formula is C11H24N2O2. The Morgan fingerprint density at radius 2 is 2.00 bits per heavy atom. The third-order valence-corrected chi connectivity index (χ3v) is 1.93. The maximum Gasteiger partial charge on any atom is 0.234 e. The van der Waals surface area contributed by atoms with Gasteiger partial charge in [-0.2, -0.15) is 0 Å². The molecule has 0 saturated carbocycles. The lowest BCUT2D eigenvalue weighted by atomic mass is 10.1. The average molecular weight is 216 g/mol. The highest BCUT2D eigenvalue weighted by molar-refractivity contribution is 5.78. The van der Waals surface area contributed by atoms with Crippen molar-refractivity contribution < 1.29 is 9.90 Å². The van der Waals surface area contributed by atoms with Gasteiger partial charge in [0.25, 0.3) is 0 Å². The third kappa shape index (κ3) is 9.69. The van der Waals surface area contributed by atoms with E-state index in [1.54, 1.807) is 0 Å². The first-order chi connectivity index (χ1) is 6.85. The van der Waals surface area contributed by atoms with Crippen molar-refractivity contribution in [3.8, 4) is 0 Å². The second-order valence-corrected chi connectivity index (χ2v) is 4.83. The van der Waals surface area contributed by atoms with Crippen LogP contribution in [0.25, 0.3) is 0 Å². The predicted octanol–water partition coefficient (Wildman–Crippen LogP) is 0.652. The first-order valence-corrected chi connectivity index (χ1v) is 5.55. The van der Waals surface area contributed by atoms with Crippen LogP contribution in [-0.2, 0) is 4.79 Å². The van der Waals surface area contributed by atoms with E-state index in [1.165, 1.54) is 0 Å². The molecule has 0 fully saturated rings. The smallest absolute Gasteiger partial charge is 0.234 e. The van der Waals surface area contributed by atoms with E-state index in [2.05, 4.69) is 10.6 Å². The summed E-state index contributed by atoms with van der Waals surface area (Å²) in [7, 11) is 0. The monoisotopic (exact) mass is 216 g/mol. The Morgan fingerprint density at radius 3 is 2.47 bits per heavy atom. The topological polar surface area (TPSA) is 61.4 Å². The van der Waals surface area contributed by atoms with Crippen LogP contribution in [0.15, 0.2) is 0 Å². The molecule has 0 spiro atoms. The molecule has 1 amide bonds. The third-order valence-electron chi connectivity index (χ3n) is 1.93. The Labute approximate surface area is 92.4 Å². The molecule has 3 N–H and O–H groups in total. The van der Waals surface area contributed by atoms with E-state index in [0.29, 0.717) is 19.5 Å². The van der Waals surface area contributed by atoms with Gasteiger partial charge >= 0.3 is 0 Å². The number of nitrogens with one attached hydrogen (secondary N) is 2. The van der Waals surface area contributed by atoms with Crippen molar-refractivity contribution in [2.24, 2.45) is 0 Å². The van der Waals surface area contributed by atoms with Crippen molar-refractivity contribution in [1.82, 2.24) is 10.6 Å². The van der Waals surface area contributed by atoms with Gasteiger partial charge in [0.1, 0.15) is 0 Å². The number of rotatable bonds is 6. The quantitative estimate of drug-likeness (QED) is 0.571. The molecule has 90 valence electrons. The summed E-state index contributed by atoms with van der Waals surface area (Å²) in [4.78, 5) is 11.3. The highest BCUT2D eigenvalue weighted by Gasteiger charge is 2.12. The minimum absolute atomic E-state index is 0.00603. The van der Waals surface area contributed by atoms with Gasteiger partial charge in [0, 0.05) is 5.54 Å². The van der Waals surface area contributed by atoms with Gasteiger partial charge in [0.2, 0.25) is 5.91 Å².